The van der Waals surface area contributed by atoms with Gasteiger partial charge in [-0.05, 0) is 25.6 Å². The molecule has 0 atom stereocenters. The van der Waals surface area contributed by atoms with Crippen LogP contribution in [0, 0.1) is 17.0 Å². The van der Waals surface area contributed by atoms with Gasteiger partial charge in [-0.25, -0.2) is 0 Å². The van der Waals surface area contributed by atoms with E-state index >= 15 is 0 Å². The molecule has 0 spiro atoms. The van der Waals surface area contributed by atoms with Gasteiger partial charge in [-0.15, -0.1) is 0 Å². The summed E-state index contributed by atoms with van der Waals surface area (Å²) in [6.45, 7) is 3.49. The summed E-state index contributed by atoms with van der Waals surface area (Å²) in [7, 11) is 3.81. The van der Waals surface area contributed by atoms with Gasteiger partial charge in [0.15, 0.2) is 0 Å². The largest absolute Gasteiger partial charge is 0.373 e. The molecule has 1 N–H and O–H groups in total. The normalized spacial score (nSPS) is 10.4. The van der Waals surface area contributed by atoms with Crippen molar-refractivity contribution in [2.24, 2.45) is 0 Å². The van der Waals surface area contributed by atoms with Gasteiger partial charge in [0.05, 0.1) is 4.92 Å². The van der Waals surface area contributed by atoms with Crippen LogP contribution in [0.25, 0.3) is 0 Å². The Hall–Kier alpha value is -1.33. The number of anilines is 1. The third-order valence-electron chi connectivity index (χ3n) is 2.57. The quantitative estimate of drug-likeness (QED) is 0.649. The minimum Gasteiger partial charge on any atom is -0.373 e. The van der Waals surface area contributed by atoms with E-state index in [1.807, 2.05) is 25.9 Å². The van der Waals surface area contributed by atoms with Crippen molar-refractivity contribution in [2.45, 2.75) is 6.92 Å². The SMILES string of the molecule is CNCCN(C)c1cc(Cl)c([N+](=O)[O-])cc1C. The zero-order valence-electron chi connectivity index (χ0n) is 10.2. The summed E-state index contributed by atoms with van der Waals surface area (Å²) < 4.78 is 0. The van der Waals surface area contributed by atoms with E-state index in [4.69, 9.17) is 11.6 Å². The Kier molecular flexibility index (Phi) is 4.72. The molecule has 0 saturated carbocycles. The number of hydrogen-bond acceptors (Lipinski definition) is 4. The number of aryl methyl sites for hydroxylation is 1. The second kappa shape index (κ2) is 5.84. The van der Waals surface area contributed by atoms with Gasteiger partial charge in [-0.2, -0.15) is 0 Å². The molecule has 6 heteroatoms. The molecule has 0 radical (unpaired) electrons. The molecule has 0 bridgehead atoms. The van der Waals surface area contributed by atoms with Crippen molar-refractivity contribution >= 4 is 23.0 Å². The zero-order chi connectivity index (χ0) is 13.0. The monoisotopic (exact) mass is 257 g/mol. The van der Waals surface area contributed by atoms with E-state index in [0.717, 1.165) is 24.3 Å². The predicted molar refractivity (Wildman–Crippen MR) is 70.0 cm³/mol. The molecule has 0 fully saturated rings. The summed E-state index contributed by atoms with van der Waals surface area (Å²) in [4.78, 5) is 12.3. The minimum atomic E-state index is -0.466. The first-order chi connectivity index (χ1) is 7.97. The molecule has 0 amide bonds. The van der Waals surface area contributed by atoms with Crippen molar-refractivity contribution in [3.63, 3.8) is 0 Å². The van der Waals surface area contributed by atoms with Crippen molar-refractivity contribution in [1.82, 2.24) is 5.32 Å². The van der Waals surface area contributed by atoms with Crippen molar-refractivity contribution in [2.75, 3.05) is 32.1 Å². The standard InChI is InChI=1S/C11H16ClN3O2/c1-8-6-11(15(16)17)9(12)7-10(8)14(3)5-4-13-2/h6-7,13H,4-5H2,1-3H3. The summed E-state index contributed by atoms with van der Waals surface area (Å²) in [5.41, 5.74) is 1.71. The molecule has 94 valence electrons. The maximum absolute atomic E-state index is 10.7. The average molecular weight is 258 g/mol. The van der Waals surface area contributed by atoms with Crippen LogP contribution in [0.2, 0.25) is 5.02 Å². The first-order valence-electron chi connectivity index (χ1n) is 5.27. The summed E-state index contributed by atoms with van der Waals surface area (Å²) in [5, 5.41) is 13.9. The number of nitrogens with one attached hydrogen (secondary N) is 1. The van der Waals surface area contributed by atoms with Crippen LogP contribution >= 0.6 is 11.6 Å². The Morgan fingerprint density at radius 2 is 2.18 bits per heavy atom. The Morgan fingerprint density at radius 1 is 1.53 bits per heavy atom. The first kappa shape index (κ1) is 13.7. The van der Waals surface area contributed by atoms with Gasteiger partial charge in [-0.1, -0.05) is 11.6 Å². The first-order valence-corrected chi connectivity index (χ1v) is 5.65. The number of nitro groups is 1. The molecule has 0 unspecified atom stereocenters. The molecule has 1 aromatic carbocycles. The smallest absolute Gasteiger partial charge is 0.288 e. The molecule has 0 aliphatic heterocycles. The van der Waals surface area contributed by atoms with E-state index in [-0.39, 0.29) is 10.7 Å². The van der Waals surface area contributed by atoms with Crippen molar-refractivity contribution in [1.29, 1.82) is 0 Å². The van der Waals surface area contributed by atoms with Crippen LogP contribution in [0.5, 0.6) is 0 Å². The van der Waals surface area contributed by atoms with Crippen molar-refractivity contribution in [3.8, 4) is 0 Å². The highest BCUT2D eigenvalue weighted by molar-refractivity contribution is 6.33. The van der Waals surface area contributed by atoms with E-state index in [2.05, 4.69) is 5.32 Å². The third kappa shape index (κ3) is 3.31. The number of halogens is 1. The van der Waals surface area contributed by atoms with E-state index in [1.54, 1.807) is 6.07 Å². The Balaban J connectivity index is 3.02. The number of nitro benzene ring substituents is 1. The molecule has 0 aliphatic rings. The van der Waals surface area contributed by atoms with E-state index in [0.29, 0.717) is 0 Å². The lowest BCUT2D eigenvalue weighted by Crippen LogP contribution is -2.27. The topological polar surface area (TPSA) is 58.4 Å². The fraction of sp³-hybridized carbons (Fsp3) is 0.455. The lowest BCUT2D eigenvalue weighted by Gasteiger charge is -2.21. The number of likely N-dealkylation sites (N-methyl/N-ethyl adjacent to an activating group) is 2. The van der Waals surface area contributed by atoms with Crippen molar-refractivity contribution < 1.29 is 4.92 Å². The summed E-state index contributed by atoms with van der Waals surface area (Å²) >= 11 is 5.89. The Labute approximate surface area is 106 Å². The van der Waals surface area contributed by atoms with Crippen LogP contribution in [-0.4, -0.2) is 32.1 Å². The van der Waals surface area contributed by atoms with Crippen LogP contribution in [-0.2, 0) is 0 Å². The molecule has 0 heterocycles. The average Bonchev–Trinajstić information content (AvgIpc) is 2.28. The lowest BCUT2D eigenvalue weighted by molar-refractivity contribution is -0.384. The second-order valence-corrected chi connectivity index (χ2v) is 4.28. The number of benzene rings is 1. The van der Waals surface area contributed by atoms with Crippen molar-refractivity contribution in [3.05, 3.63) is 32.8 Å². The van der Waals surface area contributed by atoms with Gasteiger partial charge >= 0.3 is 0 Å². The third-order valence-corrected chi connectivity index (χ3v) is 2.87. The van der Waals surface area contributed by atoms with Gasteiger partial charge in [-0.3, -0.25) is 10.1 Å². The van der Waals surface area contributed by atoms with Gasteiger partial charge in [0.25, 0.3) is 5.69 Å². The maximum Gasteiger partial charge on any atom is 0.288 e. The van der Waals surface area contributed by atoms with Crippen LogP contribution in [0.1, 0.15) is 5.56 Å². The molecule has 5 nitrogen and oxygen atoms in total. The molecular weight excluding hydrogens is 242 g/mol. The molecular formula is C11H16ClN3O2. The zero-order valence-corrected chi connectivity index (χ0v) is 10.9. The fourth-order valence-corrected chi connectivity index (χ4v) is 1.83. The van der Waals surface area contributed by atoms with Gasteiger partial charge in [0, 0.05) is 31.9 Å². The Bertz CT molecular complexity index is 423. The fourth-order valence-electron chi connectivity index (χ4n) is 1.61. The highest BCUT2D eigenvalue weighted by atomic mass is 35.5. The van der Waals surface area contributed by atoms with Crippen LogP contribution in [0.15, 0.2) is 12.1 Å². The molecule has 0 saturated heterocycles. The van der Waals surface area contributed by atoms with E-state index < -0.39 is 4.92 Å². The van der Waals surface area contributed by atoms with Crippen LogP contribution in [0.4, 0.5) is 11.4 Å². The summed E-state index contributed by atoms with van der Waals surface area (Å²) in [6.07, 6.45) is 0. The van der Waals surface area contributed by atoms with Gasteiger partial charge < -0.3 is 10.2 Å². The maximum atomic E-state index is 10.7. The van der Waals surface area contributed by atoms with Crippen LogP contribution < -0.4 is 10.2 Å². The molecule has 1 rings (SSSR count). The predicted octanol–water partition coefficient (Wildman–Crippen LogP) is 2.21. The molecule has 0 aromatic heterocycles. The number of nitrogens with zero attached hydrogens (tertiary/aromatic N) is 2. The van der Waals surface area contributed by atoms with E-state index in [9.17, 15) is 10.1 Å². The molecule has 1 aromatic rings. The minimum absolute atomic E-state index is 0.0464. The molecule has 0 aliphatic carbocycles. The number of rotatable bonds is 5. The lowest BCUT2D eigenvalue weighted by atomic mass is 10.1. The second-order valence-electron chi connectivity index (χ2n) is 3.87. The highest BCUT2D eigenvalue weighted by Crippen LogP contribution is 2.31. The summed E-state index contributed by atoms with van der Waals surface area (Å²) in [5.74, 6) is 0. The van der Waals surface area contributed by atoms with Gasteiger partial charge in [0.1, 0.15) is 5.02 Å². The van der Waals surface area contributed by atoms with Gasteiger partial charge in [0.2, 0.25) is 0 Å². The van der Waals surface area contributed by atoms with Crippen LogP contribution in [0.3, 0.4) is 0 Å². The Morgan fingerprint density at radius 3 is 2.71 bits per heavy atom. The molecule has 17 heavy (non-hydrogen) atoms. The summed E-state index contributed by atoms with van der Waals surface area (Å²) in [6, 6.07) is 3.15. The van der Waals surface area contributed by atoms with E-state index in [1.165, 1.54) is 6.07 Å². The highest BCUT2D eigenvalue weighted by Gasteiger charge is 2.16. The number of hydrogen-bond donors (Lipinski definition) is 1.